The molecule has 20 heavy (non-hydrogen) atoms. The van der Waals surface area contributed by atoms with E-state index >= 15 is 0 Å². The molecule has 0 saturated heterocycles. The fraction of sp³-hybridized carbons (Fsp3) is 0.188. The third-order valence-corrected chi connectivity index (χ3v) is 3.67. The number of rotatable bonds is 1. The zero-order valence-electron chi connectivity index (χ0n) is 11.1. The normalized spacial score (nSPS) is 17.1. The van der Waals surface area contributed by atoms with E-state index in [4.69, 9.17) is 0 Å². The summed E-state index contributed by atoms with van der Waals surface area (Å²) in [6.07, 6.45) is 0.793. The molecule has 0 aliphatic carbocycles. The quantitative estimate of drug-likeness (QED) is 0.782. The van der Waals surface area contributed by atoms with Crippen molar-refractivity contribution in [2.45, 2.75) is 19.4 Å². The summed E-state index contributed by atoms with van der Waals surface area (Å²) in [4.78, 5) is 14.3. The van der Waals surface area contributed by atoms with E-state index in [0.717, 1.165) is 17.7 Å². The smallest absolute Gasteiger partial charge is 0.262 e. The third-order valence-electron chi connectivity index (χ3n) is 3.67. The molecule has 2 aromatic rings. The molecule has 1 amide bonds. The summed E-state index contributed by atoms with van der Waals surface area (Å²) in [7, 11) is 0. The van der Waals surface area contributed by atoms with Crippen LogP contribution in [0, 0.1) is 0 Å². The van der Waals surface area contributed by atoms with Crippen LogP contribution in [0.5, 0.6) is 11.5 Å². The molecule has 1 heterocycles. The monoisotopic (exact) mass is 269 g/mol. The molecule has 1 aliphatic rings. The van der Waals surface area contributed by atoms with Crippen LogP contribution in [0.2, 0.25) is 0 Å². The van der Waals surface area contributed by atoms with Crippen LogP contribution in [0.1, 0.15) is 22.8 Å². The van der Waals surface area contributed by atoms with Gasteiger partial charge in [-0.05, 0) is 37.1 Å². The van der Waals surface area contributed by atoms with Gasteiger partial charge in [0, 0.05) is 11.7 Å². The second kappa shape index (κ2) is 4.56. The Labute approximate surface area is 116 Å². The minimum absolute atomic E-state index is 0.0293. The molecule has 4 nitrogen and oxygen atoms in total. The van der Waals surface area contributed by atoms with Crippen molar-refractivity contribution in [1.82, 2.24) is 0 Å². The van der Waals surface area contributed by atoms with Gasteiger partial charge >= 0.3 is 0 Å². The van der Waals surface area contributed by atoms with Gasteiger partial charge in [-0.25, -0.2) is 0 Å². The Morgan fingerprint density at radius 3 is 2.70 bits per heavy atom. The van der Waals surface area contributed by atoms with Crippen molar-refractivity contribution in [3.05, 3.63) is 53.6 Å². The molecule has 0 fully saturated rings. The predicted molar refractivity (Wildman–Crippen MR) is 76.2 cm³/mol. The van der Waals surface area contributed by atoms with Crippen LogP contribution in [0.3, 0.4) is 0 Å². The van der Waals surface area contributed by atoms with Gasteiger partial charge in [-0.1, -0.05) is 24.3 Å². The zero-order valence-corrected chi connectivity index (χ0v) is 11.1. The number of benzene rings is 2. The highest BCUT2D eigenvalue weighted by Gasteiger charge is 2.32. The summed E-state index contributed by atoms with van der Waals surface area (Å²) in [6.45, 7) is 1.97. The lowest BCUT2D eigenvalue weighted by molar-refractivity contribution is 0.0978. The van der Waals surface area contributed by atoms with E-state index in [2.05, 4.69) is 0 Å². The molecule has 102 valence electrons. The lowest BCUT2D eigenvalue weighted by Crippen LogP contribution is -2.35. The van der Waals surface area contributed by atoms with E-state index < -0.39 is 0 Å². The maximum atomic E-state index is 12.6. The largest absolute Gasteiger partial charge is 0.504 e. The number of amides is 1. The Kier molecular flexibility index (Phi) is 2.86. The molecule has 0 saturated carbocycles. The molecule has 0 bridgehead atoms. The van der Waals surface area contributed by atoms with Gasteiger partial charge < -0.3 is 15.1 Å². The Morgan fingerprint density at radius 2 is 1.90 bits per heavy atom. The van der Waals surface area contributed by atoms with Gasteiger partial charge in [0.15, 0.2) is 11.5 Å². The van der Waals surface area contributed by atoms with Crippen molar-refractivity contribution < 1.29 is 15.0 Å². The molecular weight excluding hydrogens is 254 g/mol. The number of phenolic OH excluding ortho intramolecular Hbond substituents is 2. The van der Waals surface area contributed by atoms with Gasteiger partial charge in [0.1, 0.15) is 0 Å². The molecule has 1 aliphatic heterocycles. The van der Waals surface area contributed by atoms with Gasteiger partial charge in [-0.15, -0.1) is 0 Å². The van der Waals surface area contributed by atoms with Crippen molar-refractivity contribution >= 4 is 11.6 Å². The minimum atomic E-state index is -0.367. The van der Waals surface area contributed by atoms with Crippen molar-refractivity contribution in [1.29, 1.82) is 0 Å². The molecule has 0 spiro atoms. The number of carbonyl (C=O) groups is 1. The lowest BCUT2D eigenvalue weighted by atomic mass is 10.1. The van der Waals surface area contributed by atoms with E-state index in [1.165, 1.54) is 12.1 Å². The minimum Gasteiger partial charge on any atom is -0.504 e. The topological polar surface area (TPSA) is 60.8 Å². The average Bonchev–Trinajstić information content (AvgIpc) is 2.77. The Balaban J connectivity index is 2.05. The van der Waals surface area contributed by atoms with Crippen molar-refractivity contribution in [3.63, 3.8) is 0 Å². The van der Waals surface area contributed by atoms with E-state index in [1.54, 1.807) is 11.0 Å². The first kappa shape index (κ1) is 12.5. The SMILES string of the molecule is CC1Cc2ccccc2N1C(=O)c1cccc(O)c1O. The van der Waals surface area contributed by atoms with Crippen LogP contribution in [0.25, 0.3) is 0 Å². The first-order valence-corrected chi connectivity index (χ1v) is 6.52. The molecular formula is C16H15NO3. The highest BCUT2D eigenvalue weighted by molar-refractivity contribution is 6.09. The van der Waals surface area contributed by atoms with Crippen LogP contribution in [0.4, 0.5) is 5.69 Å². The molecule has 2 aromatic carbocycles. The number of carbonyl (C=O) groups excluding carboxylic acids is 1. The number of nitrogens with zero attached hydrogens (tertiary/aromatic N) is 1. The number of aromatic hydroxyl groups is 2. The molecule has 4 heteroatoms. The highest BCUT2D eigenvalue weighted by Crippen LogP contribution is 2.36. The number of phenols is 2. The van der Waals surface area contributed by atoms with Crippen LogP contribution in [-0.2, 0) is 6.42 Å². The summed E-state index contributed by atoms with van der Waals surface area (Å²) in [5.74, 6) is -0.944. The van der Waals surface area contributed by atoms with Crippen LogP contribution < -0.4 is 4.90 Å². The Hall–Kier alpha value is -2.49. The summed E-state index contributed by atoms with van der Waals surface area (Å²) >= 11 is 0. The first-order chi connectivity index (χ1) is 9.59. The van der Waals surface area contributed by atoms with Crippen molar-refractivity contribution in [2.75, 3.05) is 4.90 Å². The molecule has 0 radical (unpaired) electrons. The zero-order chi connectivity index (χ0) is 14.3. The summed E-state index contributed by atoms with van der Waals surface area (Å²) < 4.78 is 0. The van der Waals surface area contributed by atoms with Gasteiger partial charge in [-0.3, -0.25) is 4.79 Å². The van der Waals surface area contributed by atoms with Crippen LogP contribution >= 0.6 is 0 Å². The number of fused-ring (bicyclic) bond motifs is 1. The van der Waals surface area contributed by atoms with E-state index in [-0.39, 0.29) is 29.0 Å². The fourth-order valence-electron chi connectivity index (χ4n) is 2.71. The second-order valence-electron chi connectivity index (χ2n) is 5.03. The lowest BCUT2D eigenvalue weighted by Gasteiger charge is -2.23. The van der Waals surface area contributed by atoms with E-state index in [0.29, 0.717) is 0 Å². The van der Waals surface area contributed by atoms with E-state index in [1.807, 2.05) is 31.2 Å². The summed E-state index contributed by atoms with van der Waals surface area (Å²) in [6, 6.07) is 12.2. The standard InChI is InChI=1S/C16H15NO3/c1-10-9-11-5-2-3-7-13(11)17(10)16(20)12-6-4-8-14(18)15(12)19/h2-8,10,18-19H,9H2,1H3. The number of para-hydroxylation sites is 2. The van der Waals surface area contributed by atoms with E-state index in [9.17, 15) is 15.0 Å². The van der Waals surface area contributed by atoms with Gasteiger partial charge in [0.05, 0.1) is 5.56 Å². The number of anilines is 1. The number of hydrogen-bond acceptors (Lipinski definition) is 3. The summed E-state index contributed by atoms with van der Waals surface area (Å²) in [5, 5.41) is 19.4. The maximum Gasteiger partial charge on any atom is 0.262 e. The highest BCUT2D eigenvalue weighted by atomic mass is 16.3. The molecule has 0 aromatic heterocycles. The number of hydrogen-bond donors (Lipinski definition) is 2. The van der Waals surface area contributed by atoms with Crippen molar-refractivity contribution in [3.8, 4) is 11.5 Å². The van der Waals surface area contributed by atoms with Gasteiger partial charge in [-0.2, -0.15) is 0 Å². The molecule has 1 atom stereocenters. The maximum absolute atomic E-state index is 12.6. The van der Waals surface area contributed by atoms with Crippen molar-refractivity contribution in [2.24, 2.45) is 0 Å². The molecule has 3 rings (SSSR count). The third kappa shape index (κ3) is 1.81. The van der Waals surface area contributed by atoms with Crippen LogP contribution in [0.15, 0.2) is 42.5 Å². The Bertz CT molecular complexity index is 681. The fourth-order valence-corrected chi connectivity index (χ4v) is 2.71. The molecule has 1 unspecified atom stereocenters. The average molecular weight is 269 g/mol. The molecule has 2 N–H and O–H groups in total. The van der Waals surface area contributed by atoms with Gasteiger partial charge in [0.25, 0.3) is 5.91 Å². The predicted octanol–water partition coefficient (Wildman–Crippen LogP) is 2.69. The first-order valence-electron chi connectivity index (χ1n) is 6.52. The second-order valence-corrected chi connectivity index (χ2v) is 5.03. The van der Waals surface area contributed by atoms with Crippen LogP contribution in [-0.4, -0.2) is 22.2 Å². The summed E-state index contributed by atoms with van der Waals surface area (Å²) in [5.41, 5.74) is 2.11. The Morgan fingerprint density at radius 1 is 1.15 bits per heavy atom. The van der Waals surface area contributed by atoms with Gasteiger partial charge in [0.2, 0.25) is 0 Å².